The standard InChI is InChI=1S/C3H6O2.H2O/c4-1-3-2-5-3;/h3-4H,1-2H2;1H2. The fourth-order valence-electron chi connectivity index (χ4n) is 0.173. The molecule has 38 valence electrons. The fraction of sp³-hybridized carbons (Fsp3) is 1.00. The van der Waals surface area contributed by atoms with Gasteiger partial charge < -0.3 is 15.3 Å². The SMILES string of the molecule is O.OCC1CO1. The Kier molecular flexibility index (Phi) is 2.08. The highest BCUT2D eigenvalue weighted by molar-refractivity contribution is 4.65. The Balaban J connectivity index is 0.000000250. The lowest BCUT2D eigenvalue weighted by molar-refractivity contribution is 0.244. The van der Waals surface area contributed by atoms with Crippen molar-refractivity contribution in [3.63, 3.8) is 0 Å². The van der Waals surface area contributed by atoms with Crippen molar-refractivity contribution in [1.29, 1.82) is 0 Å². The van der Waals surface area contributed by atoms with E-state index in [-0.39, 0.29) is 18.2 Å². The van der Waals surface area contributed by atoms with Crippen molar-refractivity contribution in [3.05, 3.63) is 0 Å². The monoisotopic (exact) mass is 92.0 g/mol. The molecule has 0 spiro atoms. The second-order valence-electron chi connectivity index (χ2n) is 1.14. The lowest BCUT2D eigenvalue weighted by atomic mass is 10.5. The number of aliphatic hydroxyl groups is 1. The van der Waals surface area contributed by atoms with Gasteiger partial charge in [-0.1, -0.05) is 0 Å². The van der Waals surface area contributed by atoms with Crippen molar-refractivity contribution in [2.45, 2.75) is 6.10 Å². The highest BCUT2D eigenvalue weighted by atomic mass is 16.6. The van der Waals surface area contributed by atoms with Gasteiger partial charge in [0.2, 0.25) is 0 Å². The zero-order chi connectivity index (χ0) is 3.70. The van der Waals surface area contributed by atoms with E-state index >= 15 is 0 Å². The molecule has 1 rings (SSSR count). The van der Waals surface area contributed by atoms with Crippen LogP contribution in [-0.2, 0) is 4.74 Å². The summed E-state index contributed by atoms with van der Waals surface area (Å²) >= 11 is 0. The Bertz CT molecular complexity index is 33.0. The molecule has 0 amide bonds. The first-order chi connectivity index (χ1) is 2.43. The molecule has 1 unspecified atom stereocenters. The summed E-state index contributed by atoms with van der Waals surface area (Å²) in [6.45, 7) is 0.955. The smallest absolute Gasteiger partial charge is 0.104 e. The van der Waals surface area contributed by atoms with Crippen LogP contribution in [0.4, 0.5) is 0 Å². The van der Waals surface area contributed by atoms with Crippen LogP contribution in [0.5, 0.6) is 0 Å². The molecule has 6 heavy (non-hydrogen) atoms. The maximum atomic E-state index is 8.08. The molecule has 0 bridgehead atoms. The third-order valence-corrected chi connectivity index (χ3v) is 0.606. The third-order valence-electron chi connectivity index (χ3n) is 0.606. The predicted molar refractivity (Wildman–Crippen MR) is 20.4 cm³/mol. The molecule has 1 heterocycles. The Morgan fingerprint density at radius 1 is 1.83 bits per heavy atom. The lowest BCUT2D eigenvalue weighted by Gasteiger charge is -1.70. The molecule has 0 aromatic heterocycles. The van der Waals surface area contributed by atoms with Gasteiger partial charge in [-0.25, -0.2) is 0 Å². The van der Waals surface area contributed by atoms with E-state index in [0.717, 1.165) is 6.61 Å². The maximum absolute atomic E-state index is 8.08. The molecule has 3 N–H and O–H groups in total. The Morgan fingerprint density at radius 3 is 2.33 bits per heavy atom. The first kappa shape index (κ1) is 5.88. The summed E-state index contributed by atoms with van der Waals surface area (Å²) in [5.41, 5.74) is 0. The minimum absolute atomic E-state index is 0. The first-order valence-electron chi connectivity index (χ1n) is 1.66. The molecule has 0 saturated carbocycles. The van der Waals surface area contributed by atoms with Crippen molar-refractivity contribution in [3.8, 4) is 0 Å². The highest BCUT2D eigenvalue weighted by Crippen LogP contribution is 2.04. The highest BCUT2D eigenvalue weighted by Gasteiger charge is 2.19. The van der Waals surface area contributed by atoms with Crippen molar-refractivity contribution in [2.24, 2.45) is 0 Å². The van der Waals surface area contributed by atoms with Crippen LogP contribution >= 0.6 is 0 Å². The zero-order valence-corrected chi connectivity index (χ0v) is 3.35. The third kappa shape index (κ3) is 1.35. The maximum Gasteiger partial charge on any atom is 0.104 e. The number of hydrogen-bond acceptors (Lipinski definition) is 2. The Morgan fingerprint density at radius 2 is 2.33 bits per heavy atom. The van der Waals surface area contributed by atoms with Gasteiger partial charge >= 0.3 is 0 Å². The van der Waals surface area contributed by atoms with E-state index in [0.29, 0.717) is 0 Å². The molecule has 1 saturated heterocycles. The van der Waals surface area contributed by atoms with Gasteiger partial charge in [0.05, 0.1) is 13.2 Å². The van der Waals surface area contributed by atoms with E-state index in [4.69, 9.17) is 5.11 Å². The summed E-state index contributed by atoms with van der Waals surface area (Å²) in [7, 11) is 0. The van der Waals surface area contributed by atoms with Gasteiger partial charge in [0.15, 0.2) is 0 Å². The molecule has 3 nitrogen and oxygen atoms in total. The van der Waals surface area contributed by atoms with Crippen molar-refractivity contribution in [2.75, 3.05) is 13.2 Å². The molecule has 0 aromatic carbocycles. The zero-order valence-electron chi connectivity index (χ0n) is 3.35. The number of aliphatic hydroxyl groups excluding tert-OH is 1. The van der Waals surface area contributed by atoms with Crippen LogP contribution in [-0.4, -0.2) is 29.9 Å². The van der Waals surface area contributed by atoms with Gasteiger partial charge in [-0.15, -0.1) is 0 Å². The quantitative estimate of drug-likeness (QED) is 0.402. The van der Waals surface area contributed by atoms with Gasteiger partial charge in [-0.05, 0) is 0 Å². The van der Waals surface area contributed by atoms with Gasteiger partial charge in [0.25, 0.3) is 0 Å². The molecule has 0 aliphatic carbocycles. The first-order valence-corrected chi connectivity index (χ1v) is 1.66. The van der Waals surface area contributed by atoms with Crippen molar-refractivity contribution >= 4 is 0 Å². The van der Waals surface area contributed by atoms with Crippen LogP contribution in [0.3, 0.4) is 0 Å². The van der Waals surface area contributed by atoms with Crippen LogP contribution in [0.25, 0.3) is 0 Å². The van der Waals surface area contributed by atoms with Crippen LogP contribution < -0.4 is 0 Å². The Labute approximate surface area is 35.9 Å². The van der Waals surface area contributed by atoms with Crippen molar-refractivity contribution < 1.29 is 15.3 Å². The molecule has 1 fully saturated rings. The molecule has 0 radical (unpaired) electrons. The van der Waals surface area contributed by atoms with Gasteiger partial charge in [0.1, 0.15) is 6.10 Å². The average Bonchev–Trinajstić information content (AvgIpc) is 2.12. The second-order valence-corrected chi connectivity index (χ2v) is 1.14. The lowest BCUT2D eigenvalue weighted by Crippen LogP contribution is -1.88. The van der Waals surface area contributed by atoms with E-state index in [1.807, 2.05) is 0 Å². The summed E-state index contributed by atoms with van der Waals surface area (Å²) in [5, 5.41) is 8.08. The summed E-state index contributed by atoms with van der Waals surface area (Å²) in [6.07, 6.45) is 0.190. The molecule has 1 aliphatic heterocycles. The minimum Gasteiger partial charge on any atom is -0.412 e. The van der Waals surface area contributed by atoms with E-state index < -0.39 is 0 Å². The number of ether oxygens (including phenoxy) is 1. The Hall–Kier alpha value is -0.120. The minimum atomic E-state index is 0. The van der Waals surface area contributed by atoms with Crippen LogP contribution in [0.1, 0.15) is 0 Å². The van der Waals surface area contributed by atoms with E-state index in [9.17, 15) is 0 Å². The van der Waals surface area contributed by atoms with Gasteiger partial charge in [0, 0.05) is 0 Å². The largest absolute Gasteiger partial charge is 0.412 e. The molecule has 3 heteroatoms. The molecule has 1 aliphatic rings. The second kappa shape index (κ2) is 2.12. The van der Waals surface area contributed by atoms with Crippen LogP contribution in [0, 0.1) is 0 Å². The van der Waals surface area contributed by atoms with Crippen LogP contribution in [0.2, 0.25) is 0 Å². The topological polar surface area (TPSA) is 64.3 Å². The predicted octanol–water partition coefficient (Wildman–Crippen LogP) is -1.45. The molecule has 0 aromatic rings. The molecular weight excluding hydrogens is 84.0 g/mol. The van der Waals surface area contributed by atoms with E-state index in [1.165, 1.54) is 0 Å². The number of epoxide rings is 1. The van der Waals surface area contributed by atoms with Gasteiger partial charge in [-0.3, -0.25) is 0 Å². The summed E-state index contributed by atoms with van der Waals surface area (Å²) in [6, 6.07) is 0. The number of rotatable bonds is 1. The summed E-state index contributed by atoms with van der Waals surface area (Å²) in [5.74, 6) is 0. The van der Waals surface area contributed by atoms with Crippen LogP contribution in [0.15, 0.2) is 0 Å². The fourth-order valence-corrected chi connectivity index (χ4v) is 0.173. The molecule has 1 atom stereocenters. The molecular formula is C3H8O3. The number of hydrogen-bond donors (Lipinski definition) is 1. The summed E-state index contributed by atoms with van der Waals surface area (Å²) in [4.78, 5) is 0. The van der Waals surface area contributed by atoms with E-state index in [2.05, 4.69) is 4.74 Å². The van der Waals surface area contributed by atoms with E-state index in [1.54, 1.807) is 0 Å². The van der Waals surface area contributed by atoms with Crippen molar-refractivity contribution in [1.82, 2.24) is 0 Å². The summed E-state index contributed by atoms with van der Waals surface area (Å²) < 4.78 is 4.61. The van der Waals surface area contributed by atoms with Gasteiger partial charge in [-0.2, -0.15) is 0 Å². The average molecular weight is 92.1 g/mol. The normalized spacial score (nSPS) is 28.5.